The Morgan fingerprint density at radius 2 is 1.63 bits per heavy atom. The summed E-state index contributed by atoms with van der Waals surface area (Å²) in [6.45, 7) is 7.27. The molecule has 0 aliphatic rings. The number of aliphatic carboxylic acids is 1. The molecule has 0 bridgehead atoms. The molecular weight excluding hydrogens is 453 g/mol. The summed E-state index contributed by atoms with van der Waals surface area (Å²) in [5.41, 5.74) is 1.32. The molecule has 0 aromatic heterocycles. The molecule has 0 aliphatic heterocycles. The van der Waals surface area contributed by atoms with Crippen molar-refractivity contribution in [1.82, 2.24) is 10.6 Å². The Morgan fingerprint density at radius 3 is 2.20 bits per heavy atom. The van der Waals surface area contributed by atoms with Crippen molar-refractivity contribution in [3.05, 3.63) is 65.0 Å². The van der Waals surface area contributed by atoms with Crippen LogP contribution in [-0.2, 0) is 27.3 Å². The molecule has 2 aromatic rings. The van der Waals surface area contributed by atoms with Crippen LogP contribution in [0, 0.1) is 11.2 Å². The zero-order valence-corrected chi connectivity index (χ0v) is 20.4. The second kappa shape index (κ2) is 12.1. The first-order chi connectivity index (χ1) is 16.3. The Bertz CT molecular complexity index is 1080. The lowest BCUT2D eigenvalue weighted by atomic mass is 9.87. The highest BCUT2D eigenvalue weighted by atomic mass is 19.1. The van der Waals surface area contributed by atoms with Gasteiger partial charge in [0.1, 0.15) is 11.9 Å². The molecule has 0 aliphatic carbocycles. The third-order valence-corrected chi connectivity index (χ3v) is 5.10. The lowest BCUT2D eigenvalue weighted by molar-refractivity contribution is -0.137. The number of hydrogen-bond acceptors (Lipinski definition) is 4. The Morgan fingerprint density at radius 1 is 1.00 bits per heavy atom. The topological polar surface area (TPSA) is 125 Å². The average molecular weight is 486 g/mol. The Balaban J connectivity index is 2.16. The number of carboxylic acid groups (broad SMARTS) is 1. The highest BCUT2D eigenvalue weighted by Crippen LogP contribution is 2.23. The fraction of sp³-hybridized carbons (Fsp3) is 0.385. The van der Waals surface area contributed by atoms with Gasteiger partial charge in [0.15, 0.2) is 0 Å². The van der Waals surface area contributed by atoms with Crippen LogP contribution < -0.4 is 16.0 Å². The second-order valence-corrected chi connectivity index (χ2v) is 9.59. The normalized spacial score (nSPS) is 11.9. The number of carbonyl (C=O) groups is 4. The highest BCUT2D eigenvalue weighted by Gasteiger charge is 2.28. The summed E-state index contributed by atoms with van der Waals surface area (Å²) in [6.07, 6.45) is 0.682. The third kappa shape index (κ3) is 9.56. The molecular formula is C26H32FN3O5. The van der Waals surface area contributed by atoms with Crippen molar-refractivity contribution in [2.45, 2.75) is 59.5 Å². The summed E-state index contributed by atoms with van der Waals surface area (Å²) >= 11 is 0. The van der Waals surface area contributed by atoms with Crippen LogP contribution in [0.3, 0.4) is 0 Å². The van der Waals surface area contributed by atoms with Crippen LogP contribution in [0.2, 0.25) is 0 Å². The quantitative estimate of drug-likeness (QED) is 0.409. The van der Waals surface area contributed by atoms with E-state index in [1.54, 1.807) is 24.3 Å². The predicted molar refractivity (Wildman–Crippen MR) is 130 cm³/mol. The first-order valence-corrected chi connectivity index (χ1v) is 11.3. The van der Waals surface area contributed by atoms with Gasteiger partial charge in [-0.05, 0) is 53.6 Å². The summed E-state index contributed by atoms with van der Waals surface area (Å²) in [5.74, 6) is -3.07. The van der Waals surface area contributed by atoms with Crippen LogP contribution in [0.1, 0.15) is 62.0 Å². The third-order valence-electron chi connectivity index (χ3n) is 5.10. The van der Waals surface area contributed by atoms with Crippen LogP contribution >= 0.6 is 0 Å². The molecule has 0 fully saturated rings. The number of nitrogens with one attached hydrogen (secondary N) is 3. The summed E-state index contributed by atoms with van der Waals surface area (Å²) < 4.78 is 14.4. The number of aryl methyl sites for hydroxylation is 1. The summed E-state index contributed by atoms with van der Waals surface area (Å²) in [5, 5.41) is 16.8. The zero-order valence-electron chi connectivity index (χ0n) is 20.4. The van der Waals surface area contributed by atoms with Gasteiger partial charge in [0.2, 0.25) is 11.8 Å². The maximum Gasteiger partial charge on any atom is 0.303 e. The zero-order chi connectivity index (χ0) is 26.2. The van der Waals surface area contributed by atoms with E-state index in [9.17, 15) is 23.6 Å². The number of rotatable bonds is 10. The van der Waals surface area contributed by atoms with Crippen molar-refractivity contribution in [2.24, 2.45) is 5.41 Å². The van der Waals surface area contributed by atoms with E-state index in [0.717, 1.165) is 11.6 Å². The molecule has 9 heteroatoms. The second-order valence-electron chi connectivity index (χ2n) is 9.59. The minimum Gasteiger partial charge on any atom is -0.481 e. The van der Waals surface area contributed by atoms with Crippen LogP contribution in [0.15, 0.2) is 42.5 Å². The number of amides is 3. The van der Waals surface area contributed by atoms with Gasteiger partial charge in [0.25, 0.3) is 5.91 Å². The van der Waals surface area contributed by atoms with Crippen molar-refractivity contribution >= 4 is 29.4 Å². The minimum absolute atomic E-state index is 0.00791. The fourth-order valence-electron chi connectivity index (χ4n) is 3.38. The average Bonchev–Trinajstić information content (AvgIpc) is 2.76. The Labute approximate surface area is 204 Å². The van der Waals surface area contributed by atoms with Crippen LogP contribution in [0.25, 0.3) is 0 Å². The molecule has 4 N–H and O–H groups in total. The molecule has 3 amide bonds. The molecule has 188 valence electrons. The van der Waals surface area contributed by atoms with Gasteiger partial charge >= 0.3 is 5.97 Å². The van der Waals surface area contributed by atoms with Crippen LogP contribution in [-0.4, -0.2) is 34.8 Å². The Hall–Kier alpha value is -3.75. The van der Waals surface area contributed by atoms with Gasteiger partial charge < -0.3 is 21.1 Å². The van der Waals surface area contributed by atoms with E-state index in [0.29, 0.717) is 24.1 Å². The van der Waals surface area contributed by atoms with E-state index in [1.807, 2.05) is 20.8 Å². The first kappa shape index (κ1) is 27.5. The maximum atomic E-state index is 14.4. The highest BCUT2D eigenvalue weighted by molar-refractivity contribution is 6.01. The first-order valence-electron chi connectivity index (χ1n) is 11.3. The van der Waals surface area contributed by atoms with Crippen molar-refractivity contribution in [3.63, 3.8) is 0 Å². The molecule has 0 radical (unpaired) electrons. The predicted octanol–water partition coefficient (Wildman–Crippen LogP) is 3.65. The molecule has 35 heavy (non-hydrogen) atoms. The van der Waals surface area contributed by atoms with Gasteiger partial charge in [-0.1, -0.05) is 39.0 Å². The van der Waals surface area contributed by atoms with Crippen LogP contribution in [0.5, 0.6) is 0 Å². The molecule has 0 saturated heterocycles. The van der Waals surface area contributed by atoms with Gasteiger partial charge in [-0.3, -0.25) is 19.2 Å². The number of carboxylic acids is 1. The van der Waals surface area contributed by atoms with Crippen LogP contribution in [0.4, 0.5) is 10.1 Å². The van der Waals surface area contributed by atoms with Gasteiger partial charge in [-0.15, -0.1) is 0 Å². The van der Waals surface area contributed by atoms with Crippen molar-refractivity contribution in [1.29, 1.82) is 0 Å². The van der Waals surface area contributed by atoms with E-state index in [4.69, 9.17) is 5.11 Å². The number of anilines is 1. The fourth-order valence-corrected chi connectivity index (χ4v) is 3.38. The number of halogens is 1. The SMILES string of the molecule is CC(=O)NCc1ccc(F)c(C(=O)N[C@@H](CC(C)(C)C)C(=O)Nc2ccc(CCC(=O)O)cc2)c1. The lowest BCUT2D eigenvalue weighted by Crippen LogP contribution is -2.46. The standard InChI is InChI=1S/C26H32FN3O5/c1-16(31)28-15-18-7-11-21(27)20(13-18)24(34)30-22(14-26(2,3)4)25(35)29-19-9-5-17(6-10-19)8-12-23(32)33/h5-7,9-11,13,22H,8,12,14-15H2,1-4H3,(H,28,31)(H,29,35)(H,30,34)(H,32,33)/t22-/m0/s1. The molecule has 1 atom stereocenters. The van der Waals surface area contributed by atoms with Gasteiger partial charge in [-0.2, -0.15) is 0 Å². The van der Waals surface area contributed by atoms with E-state index in [2.05, 4.69) is 16.0 Å². The minimum atomic E-state index is -0.937. The molecule has 0 heterocycles. The molecule has 2 rings (SSSR count). The lowest BCUT2D eigenvalue weighted by Gasteiger charge is -2.26. The van der Waals surface area contributed by atoms with Crippen molar-refractivity contribution in [3.8, 4) is 0 Å². The molecule has 0 saturated carbocycles. The summed E-state index contributed by atoms with van der Waals surface area (Å²) in [6, 6.07) is 9.82. The van der Waals surface area contributed by atoms with Crippen molar-refractivity contribution in [2.75, 3.05) is 5.32 Å². The van der Waals surface area contributed by atoms with E-state index >= 15 is 0 Å². The molecule has 8 nitrogen and oxygen atoms in total. The smallest absolute Gasteiger partial charge is 0.303 e. The monoisotopic (exact) mass is 485 g/mol. The van der Waals surface area contributed by atoms with E-state index in [1.165, 1.54) is 19.1 Å². The number of carbonyl (C=O) groups excluding carboxylic acids is 3. The number of hydrogen-bond donors (Lipinski definition) is 4. The van der Waals surface area contributed by atoms with Gasteiger partial charge in [-0.25, -0.2) is 4.39 Å². The maximum absolute atomic E-state index is 14.4. The van der Waals surface area contributed by atoms with E-state index in [-0.39, 0.29) is 29.9 Å². The van der Waals surface area contributed by atoms with Crippen molar-refractivity contribution < 1.29 is 28.7 Å². The molecule has 0 unspecified atom stereocenters. The van der Waals surface area contributed by atoms with E-state index < -0.39 is 29.6 Å². The summed E-state index contributed by atoms with van der Waals surface area (Å²) in [7, 11) is 0. The summed E-state index contributed by atoms with van der Waals surface area (Å²) in [4.78, 5) is 47.8. The number of benzene rings is 2. The largest absolute Gasteiger partial charge is 0.481 e. The Kier molecular flexibility index (Phi) is 9.50. The molecule has 2 aromatic carbocycles. The van der Waals surface area contributed by atoms with Gasteiger partial charge in [0, 0.05) is 25.6 Å². The molecule has 0 spiro atoms. The van der Waals surface area contributed by atoms with Gasteiger partial charge in [0.05, 0.1) is 5.56 Å².